The molecular formula is C17H19FN2O2. The van der Waals surface area contributed by atoms with Crippen LogP contribution >= 0.6 is 0 Å². The van der Waals surface area contributed by atoms with Crippen LogP contribution in [0.1, 0.15) is 19.4 Å². The summed E-state index contributed by atoms with van der Waals surface area (Å²) in [5, 5.41) is 9.66. The Kier molecular flexibility index (Phi) is 3.45. The summed E-state index contributed by atoms with van der Waals surface area (Å²) in [5.41, 5.74) is 8.32. The van der Waals surface area contributed by atoms with Gasteiger partial charge in [0.1, 0.15) is 17.2 Å². The van der Waals surface area contributed by atoms with E-state index in [1.165, 1.54) is 12.1 Å². The normalized spacial score (nSPS) is 16.1. The van der Waals surface area contributed by atoms with Gasteiger partial charge in [-0.25, -0.2) is 4.39 Å². The van der Waals surface area contributed by atoms with Gasteiger partial charge in [0.05, 0.1) is 18.8 Å². The Balaban J connectivity index is 2.18. The number of rotatable bonds is 2. The highest BCUT2D eigenvalue weighted by molar-refractivity contribution is 5.77. The van der Waals surface area contributed by atoms with Gasteiger partial charge in [0, 0.05) is 23.0 Å². The molecule has 0 unspecified atom stereocenters. The van der Waals surface area contributed by atoms with E-state index in [2.05, 4.69) is 0 Å². The van der Waals surface area contributed by atoms with E-state index >= 15 is 0 Å². The summed E-state index contributed by atoms with van der Waals surface area (Å²) in [6.07, 6.45) is 0. The summed E-state index contributed by atoms with van der Waals surface area (Å²) in [7, 11) is 0. The second-order valence-electron chi connectivity index (χ2n) is 6.11. The van der Waals surface area contributed by atoms with Crippen molar-refractivity contribution in [3.63, 3.8) is 0 Å². The van der Waals surface area contributed by atoms with E-state index in [1.807, 2.05) is 18.7 Å². The van der Waals surface area contributed by atoms with Crippen LogP contribution in [-0.4, -0.2) is 17.3 Å². The highest BCUT2D eigenvalue weighted by Gasteiger charge is 2.34. The SMILES string of the molecule is CC1(C)CN(c2ccc(F)cc2)c2c(CO)cc(N)cc2O1. The molecule has 4 nitrogen and oxygen atoms in total. The van der Waals surface area contributed by atoms with Crippen molar-refractivity contribution in [2.45, 2.75) is 26.1 Å². The van der Waals surface area contributed by atoms with Gasteiger partial charge in [-0.1, -0.05) is 0 Å². The Morgan fingerprint density at radius 1 is 1.27 bits per heavy atom. The third-order valence-electron chi connectivity index (χ3n) is 3.68. The number of fused-ring (bicyclic) bond motifs is 1. The third-order valence-corrected chi connectivity index (χ3v) is 3.68. The van der Waals surface area contributed by atoms with Gasteiger partial charge in [-0.15, -0.1) is 0 Å². The topological polar surface area (TPSA) is 58.7 Å². The maximum absolute atomic E-state index is 13.2. The van der Waals surface area contributed by atoms with Crippen LogP contribution in [-0.2, 0) is 6.61 Å². The molecule has 0 saturated heterocycles. The maximum Gasteiger partial charge on any atom is 0.146 e. The predicted molar refractivity (Wildman–Crippen MR) is 84.9 cm³/mol. The first-order chi connectivity index (χ1) is 10.4. The maximum atomic E-state index is 13.2. The molecule has 22 heavy (non-hydrogen) atoms. The molecule has 1 aliphatic heterocycles. The minimum Gasteiger partial charge on any atom is -0.484 e. The average molecular weight is 302 g/mol. The van der Waals surface area contributed by atoms with Crippen LogP contribution in [0.5, 0.6) is 5.75 Å². The van der Waals surface area contributed by atoms with E-state index in [4.69, 9.17) is 10.5 Å². The molecule has 0 spiro atoms. The number of nitrogen functional groups attached to an aromatic ring is 1. The van der Waals surface area contributed by atoms with Gasteiger partial charge < -0.3 is 20.5 Å². The molecule has 116 valence electrons. The van der Waals surface area contributed by atoms with Gasteiger partial charge in [0.25, 0.3) is 0 Å². The van der Waals surface area contributed by atoms with Crippen molar-refractivity contribution in [1.82, 2.24) is 0 Å². The van der Waals surface area contributed by atoms with Gasteiger partial charge in [-0.3, -0.25) is 0 Å². The number of ether oxygens (including phenoxy) is 1. The third kappa shape index (κ3) is 2.60. The van der Waals surface area contributed by atoms with E-state index in [0.717, 1.165) is 11.4 Å². The molecule has 1 heterocycles. The van der Waals surface area contributed by atoms with Crippen LogP contribution in [0, 0.1) is 5.82 Å². The zero-order chi connectivity index (χ0) is 15.9. The highest BCUT2D eigenvalue weighted by atomic mass is 19.1. The molecule has 0 aliphatic carbocycles. The van der Waals surface area contributed by atoms with E-state index in [9.17, 15) is 9.50 Å². The van der Waals surface area contributed by atoms with Crippen molar-refractivity contribution < 1.29 is 14.2 Å². The van der Waals surface area contributed by atoms with Crippen molar-refractivity contribution >= 4 is 17.1 Å². The van der Waals surface area contributed by atoms with E-state index < -0.39 is 5.60 Å². The molecule has 0 saturated carbocycles. The van der Waals surface area contributed by atoms with Crippen LogP contribution in [0.4, 0.5) is 21.5 Å². The molecule has 3 rings (SSSR count). The van der Waals surface area contributed by atoms with Crippen molar-refractivity contribution in [3.05, 3.63) is 47.8 Å². The Hall–Kier alpha value is -2.27. The molecule has 0 radical (unpaired) electrons. The predicted octanol–water partition coefficient (Wildman–Crippen LogP) is 3.21. The van der Waals surface area contributed by atoms with Gasteiger partial charge in [-0.2, -0.15) is 0 Å². The molecule has 0 atom stereocenters. The van der Waals surface area contributed by atoms with E-state index in [1.54, 1.807) is 24.3 Å². The lowest BCUT2D eigenvalue weighted by Gasteiger charge is -2.42. The number of benzene rings is 2. The van der Waals surface area contributed by atoms with E-state index in [0.29, 0.717) is 23.5 Å². The van der Waals surface area contributed by atoms with Gasteiger partial charge in [0.2, 0.25) is 0 Å². The summed E-state index contributed by atoms with van der Waals surface area (Å²) in [6, 6.07) is 9.78. The zero-order valence-electron chi connectivity index (χ0n) is 12.6. The molecule has 0 aromatic heterocycles. The Bertz CT molecular complexity index is 699. The second kappa shape index (κ2) is 5.18. The van der Waals surface area contributed by atoms with Crippen LogP contribution in [0.3, 0.4) is 0 Å². The zero-order valence-corrected chi connectivity index (χ0v) is 12.6. The van der Waals surface area contributed by atoms with Gasteiger partial charge >= 0.3 is 0 Å². The lowest BCUT2D eigenvalue weighted by atomic mass is 10.0. The number of aliphatic hydroxyl groups is 1. The molecule has 2 aromatic carbocycles. The average Bonchev–Trinajstić information content (AvgIpc) is 2.45. The minimum absolute atomic E-state index is 0.144. The summed E-state index contributed by atoms with van der Waals surface area (Å²) < 4.78 is 19.2. The number of aliphatic hydroxyl groups excluding tert-OH is 1. The number of nitrogens with two attached hydrogens (primary N) is 1. The summed E-state index contributed by atoms with van der Waals surface area (Å²) in [4.78, 5) is 2.03. The second-order valence-corrected chi connectivity index (χ2v) is 6.11. The Morgan fingerprint density at radius 3 is 2.59 bits per heavy atom. The Morgan fingerprint density at radius 2 is 1.95 bits per heavy atom. The first-order valence-corrected chi connectivity index (χ1v) is 7.15. The number of anilines is 3. The quantitative estimate of drug-likeness (QED) is 0.836. The van der Waals surface area contributed by atoms with Crippen molar-refractivity contribution in [2.24, 2.45) is 0 Å². The number of nitrogens with zero attached hydrogens (tertiary/aromatic N) is 1. The highest BCUT2D eigenvalue weighted by Crippen LogP contribution is 2.44. The summed E-state index contributed by atoms with van der Waals surface area (Å²) >= 11 is 0. The number of hydrogen-bond acceptors (Lipinski definition) is 4. The molecule has 2 aromatic rings. The number of halogens is 1. The smallest absolute Gasteiger partial charge is 0.146 e. The van der Waals surface area contributed by atoms with E-state index in [-0.39, 0.29) is 12.4 Å². The first-order valence-electron chi connectivity index (χ1n) is 7.15. The monoisotopic (exact) mass is 302 g/mol. The number of hydrogen-bond donors (Lipinski definition) is 2. The van der Waals surface area contributed by atoms with Crippen molar-refractivity contribution in [3.8, 4) is 5.75 Å². The molecule has 0 amide bonds. The molecule has 5 heteroatoms. The van der Waals surface area contributed by atoms with Crippen LogP contribution in [0.2, 0.25) is 0 Å². The standard InChI is InChI=1S/C17H19FN2O2/c1-17(2)10-20(14-5-3-12(18)4-6-14)16-11(9-21)7-13(19)8-15(16)22-17/h3-8,21H,9-10,19H2,1-2H3. The summed E-state index contributed by atoms with van der Waals surface area (Å²) in [5.74, 6) is 0.348. The lowest BCUT2D eigenvalue weighted by molar-refractivity contribution is 0.108. The van der Waals surface area contributed by atoms with Crippen LogP contribution < -0.4 is 15.4 Å². The lowest BCUT2D eigenvalue weighted by Crippen LogP contribution is -2.45. The fraction of sp³-hybridized carbons (Fsp3) is 0.294. The fourth-order valence-electron chi connectivity index (χ4n) is 2.83. The Labute approximate surface area is 128 Å². The fourth-order valence-corrected chi connectivity index (χ4v) is 2.83. The van der Waals surface area contributed by atoms with Gasteiger partial charge in [0.15, 0.2) is 0 Å². The molecule has 0 fully saturated rings. The largest absolute Gasteiger partial charge is 0.484 e. The molecular weight excluding hydrogens is 283 g/mol. The molecule has 3 N–H and O–H groups in total. The van der Waals surface area contributed by atoms with Gasteiger partial charge in [-0.05, 0) is 44.2 Å². The minimum atomic E-state index is -0.429. The van der Waals surface area contributed by atoms with Crippen LogP contribution in [0.25, 0.3) is 0 Å². The molecule has 1 aliphatic rings. The van der Waals surface area contributed by atoms with Crippen molar-refractivity contribution in [1.29, 1.82) is 0 Å². The molecule has 0 bridgehead atoms. The van der Waals surface area contributed by atoms with Crippen molar-refractivity contribution in [2.75, 3.05) is 17.2 Å². The summed E-state index contributed by atoms with van der Waals surface area (Å²) in [6.45, 7) is 4.40. The van der Waals surface area contributed by atoms with Crippen LogP contribution in [0.15, 0.2) is 36.4 Å². The first kappa shape index (κ1) is 14.7.